The maximum atomic E-state index is 13.3. The molecule has 2 heterocycles. The third-order valence-electron chi connectivity index (χ3n) is 7.72. The molecule has 204 valence electrons. The van der Waals surface area contributed by atoms with Gasteiger partial charge in [-0.15, -0.1) is 11.3 Å². The largest absolute Gasteiger partial charge is 0.381 e. The molecule has 1 fully saturated rings. The summed E-state index contributed by atoms with van der Waals surface area (Å²) in [5.74, 6) is -0.251. The molecule has 0 unspecified atom stereocenters. The molecule has 1 aliphatic rings. The van der Waals surface area contributed by atoms with Crippen LogP contribution in [0.2, 0.25) is 10.0 Å². The molecule has 0 aliphatic carbocycles. The molecule has 1 aromatic heterocycles. The zero-order valence-electron chi connectivity index (χ0n) is 21.9. The molecule has 1 N–H and O–H groups in total. The number of fused-ring (bicyclic) bond motifs is 1. The molecule has 5 nitrogen and oxygen atoms in total. The topological polar surface area (TPSA) is 72.5 Å². The van der Waals surface area contributed by atoms with Gasteiger partial charge in [-0.05, 0) is 83.4 Å². The summed E-state index contributed by atoms with van der Waals surface area (Å²) in [6.07, 6.45) is 2.12. The van der Waals surface area contributed by atoms with Crippen LogP contribution < -0.4 is 5.32 Å². The van der Waals surface area contributed by atoms with Crippen LogP contribution in [-0.4, -0.2) is 33.8 Å². The first-order valence-electron chi connectivity index (χ1n) is 12.6. The van der Waals surface area contributed by atoms with Gasteiger partial charge in [-0.25, -0.2) is 8.42 Å². The number of hydrogen-bond acceptors (Lipinski definition) is 5. The van der Waals surface area contributed by atoms with Crippen LogP contribution in [0.25, 0.3) is 10.1 Å². The fourth-order valence-corrected chi connectivity index (χ4v) is 8.02. The minimum atomic E-state index is -3.38. The summed E-state index contributed by atoms with van der Waals surface area (Å²) >= 11 is 13.9. The van der Waals surface area contributed by atoms with Gasteiger partial charge in [0.2, 0.25) is 0 Å². The van der Waals surface area contributed by atoms with Crippen molar-refractivity contribution in [1.29, 1.82) is 0 Å². The molecule has 0 spiro atoms. The van der Waals surface area contributed by atoms with Crippen molar-refractivity contribution < 1.29 is 17.9 Å². The Hall–Kier alpha value is -2.42. The van der Waals surface area contributed by atoms with Crippen LogP contribution in [0.4, 0.5) is 5.69 Å². The number of carbonyl (C=O) groups excluding carboxylic acids is 1. The van der Waals surface area contributed by atoms with Gasteiger partial charge in [-0.2, -0.15) is 0 Å². The van der Waals surface area contributed by atoms with E-state index in [2.05, 4.69) is 19.2 Å². The highest BCUT2D eigenvalue weighted by Gasteiger charge is 2.44. The van der Waals surface area contributed by atoms with E-state index in [0.717, 1.165) is 26.8 Å². The van der Waals surface area contributed by atoms with Gasteiger partial charge in [-0.1, -0.05) is 55.2 Å². The minimum absolute atomic E-state index is 0.251. The smallest absolute Gasteiger partial charge is 0.265 e. The maximum Gasteiger partial charge on any atom is 0.265 e. The second-order valence-corrected chi connectivity index (χ2v) is 14.8. The Morgan fingerprint density at radius 2 is 1.62 bits per heavy atom. The van der Waals surface area contributed by atoms with Gasteiger partial charge >= 0.3 is 0 Å². The lowest BCUT2D eigenvalue weighted by Gasteiger charge is -2.36. The molecule has 9 heteroatoms. The fourth-order valence-electron chi connectivity index (χ4n) is 5.26. The van der Waals surface area contributed by atoms with Crippen molar-refractivity contribution in [2.24, 2.45) is 0 Å². The van der Waals surface area contributed by atoms with E-state index in [4.69, 9.17) is 27.9 Å². The fraction of sp³-hybridized carbons (Fsp3) is 0.300. The Kier molecular flexibility index (Phi) is 7.59. The van der Waals surface area contributed by atoms with E-state index < -0.39 is 14.6 Å². The molecular weight excluding hydrogens is 573 g/mol. The van der Waals surface area contributed by atoms with Crippen molar-refractivity contribution in [3.05, 3.63) is 98.3 Å². The quantitative estimate of drug-likeness (QED) is 0.244. The second-order valence-electron chi connectivity index (χ2n) is 10.6. The number of halogens is 2. The van der Waals surface area contributed by atoms with Crippen molar-refractivity contribution in [2.45, 2.75) is 36.9 Å². The predicted molar refractivity (Wildman–Crippen MR) is 161 cm³/mol. The Labute approximate surface area is 243 Å². The van der Waals surface area contributed by atoms with Gasteiger partial charge in [0.1, 0.15) is 4.75 Å². The van der Waals surface area contributed by atoms with Crippen LogP contribution in [0.5, 0.6) is 0 Å². The lowest BCUT2D eigenvalue weighted by atomic mass is 9.78. The first-order chi connectivity index (χ1) is 18.4. The molecule has 0 radical (unpaired) electrons. The summed E-state index contributed by atoms with van der Waals surface area (Å²) in [7, 11) is -3.38. The van der Waals surface area contributed by atoms with Gasteiger partial charge in [0.15, 0.2) is 9.84 Å². The van der Waals surface area contributed by atoms with Crippen LogP contribution in [0.3, 0.4) is 0 Å². The summed E-state index contributed by atoms with van der Waals surface area (Å²) in [6, 6.07) is 20.8. The zero-order valence-corrected chi connectivity index (χ0v) is 25.0. The van der Waals surface area contributed by atoms with E-state index in [1.807, 2.05) is 60.7 Å². The number of nitrogens with one attached hydrogen (secondary N) is 1. The van der Waals surface area contributed by atoms with E-state index >= 15 is 0 Å². The summed E-state index contributed by atoms with van der Waals surface area (Å²) in [4.78, 5) is 13.8. The number of hydrogen-bond donors (Lipinski definition) is 1. The van der Waals surface area contributed by atoms with Gasteiger partial charge in [-0.3, -0.25) is 4.79 Å². The number of ether oxygens (including phenoxy) is 1. The van der Waals surface area contributed by atoms with Crippen molar-refractivity contribution >= 4 is 66.1 Å². The zero-order chi connectivity index (χ0) is 28.0. The number of rotatable bonds is 6. The minimum Gasteiger partial charge on any atom is -0.381 e. The van der Waals surface area contributed by atoms with Crippen LogP contribution >= 0.6 is 34.5 Å². The number of thiophene rings is 1. The third kappa shape index (κ3) is 5.48. The van der Waals surface area contributed by atoms with Crippen LogP contribution in [0, 0.1) is 0 Å². The molecule has 0 saturated carbocycles. The third-order valence-corrected chi connectivity index (χ3v) is 11.4. The normalized spacial score (nSPS) is 15.8. The first-order valence-corrected chi connectivity index (χ1v) is 16.1. The first kappa shape index (κ1) is 28.1. The number of anilines is 1. The number of benzene rings is 3. The Bertz CT molecular complexity index is 1650. The van der Waals surface area contributed by atoms with Crippen LogP contribution in [0.1, 0.15) is 53.1 Å². The van der Waals surface area contributed by atoms with Gasteiger partial charge in [0, 0.05) is 45.3 Å². The highest BCUT2D eigenvalue weighted by molar-refractivity contribution is 7.91. The van der Waals surface area contributed by atoms with E-state index in [1.165, 1.54) is 17.6 Å². The molecule has 0 atom stereocenters. The summed E-state index contributed by atoms with van der Waals surface area (Å²) < 4.78 is 31.1. The number of carbonyl (C=O) groups is 1. The van der Waals surface area contributed by atoms with E-state index in [-0.39, 0.29) is 11.3 Å². The van der Waals surface area contributed by atoms with Gasteiger partial charge in [0.25, 0.3) is 5.91 Å². The Balaban J connectivity index is 1.43. The molecule has 0 bridgehead atoms. The Morgan fingerprint density at radius 1 is 0.923 bits per heavy atom. The van der Waals surface area contributed by atoms with Crippen molar-refractivity contribution in [3.8, 4) is 0 Å². The standard InChI is InChI=1S/C30H29Cl2NO4S2/c1-29(2,20-4-7-23(31)8-5-20)22-16-24(32)18-25(17-22)33-28(34)27-15-19-14-21(6-9-26(19)38-27)30(39(3,35)36)10-12-37-13-11-30/h4-9,14-18H,10-13H2,1-3H3,(H,33,34). The van der Waals surface area contributed by atoms with Gasteiger partial charge in [0.05, 0.1) is 4.88 Å². The van der Waals surface area contributed by atoms with Crippen molar-refractivity contribution in [1.82, 2.24) is 0 Å². The molecule has 4 aromatic rings. The van der Waals surface area contributed by atoms with E-state index in [9.17, 15) is 13.2 Å². The lowest BCUT2D eigenvalue weighted by molar-refractivity contribution is 0.0742. The predicted octanol–water partition coefficient (Wildman–Crippen LogP) is 7.84. The average Bonchev–Trinajstić information content (AvgIpc) is 3.32. The highest BCUT2D eigenvalue weighted by Crippen LogP contribution is 2.42. The summed E-state index contributed by atoms with van der Waals surface area (Å²) in [5, 5.41) is 5.03. The SMILES string of the molecule is CC(C)(c1ccc(Cl)cc1)c1cc(Cl)cc(NC(=O)c2cc3cc(C4(S(C)(=O)=O)CCOCC4)ccc3s2)c1. The maximum absolute atomic E-state index is 13.3. The van der Waals surface area contributed by atoms with E-state index in [1.54, 1.807) is 6.07 Å². The van der Waals surface area contributed by atoms with Crippen LogP contribution in [0.15, 0.2) is 66.7 Å². The monoisotopic (exact) mass is 601 g/mol. The summed E-state index contributed by atoms with van der Waals surface area (Å²) in [6.45, 7) is 5.00. The highest BCUT2D eigenvalue weighted by atomic mass is 35.5. The number of amides is 1. The summed E-state index contributed by atoms with van der Waals surface area (Å²) in [5.41, 5.74) is 3.00. The molecule has 39 heavy (non-hydrogen) atoms. The second kappa shape index (κ2) is 10.5. The molecule has 3 aromatic carbocycles. The molecule has 5 rings (SSSR count). The molecule has 1 saturated heterocycles. The molecular formula is C30H29Cl2NO4S2. The number of sulfone groups is 1. The van der Waals surface area contributed by atoms with Crippen LogP contribution in [-0.2, 0) is 24.7 Å². The lowest BCUT2D eigenvalue weighted by Crippen LogP contribution is -2.40. The van der Waals surface area contributed by atoms with E-state index in [0.29, 0.717) is 46.7 Å². The Morgan fingerprint density at radius 3 is 2.28 bits per heavy atom. The average molecular weight is 603 g/mol. The molecule has 1 amide bonds. The van der Waals surface area contributed by atoms with Crippen molar-refractivity contribution in [3.63, 3.8) is 0 Å². The molecule has 1 aliphatic heterocycles. The van der Waals surface area contributed by atoms with Crippen molar-refractivity contribution in [2.75, 3.05) is 24.8 Å². The van der Waals surface area contributed by atoms with Gasteiger partial charge < -0.3 is 10.1 Å².